The van der Waals surface area contributed by atoms with Crippen LogP contribution in [0.15, 0.2) is 65.4 Å². The zero-order chi connectivity index (χ0) is 17.6. The van der Waals surface area contributed by atoms with Crippen molar-refractivity contribution in [1.82, 2.24) is 4.98 Å². The Hall–Kier alpha value is -3.61. The predicted octanol–water partition coefficient (Wildman–Crippen LogP) is 3.46. The highest BCUT2D eigenvalue weighted by atomic mass is 16.5. The zero-order valence-corrected chi connectivity index (χ0v) is 13.4. The fourth-order valence-electron chi connectivity index (χ4n) is 2.13. The van der Waals surface area contributed by atoms with Crippen molar-refractivity contribution in [3.8, 4) is 0 Å². The smallest absolute Gasteiger partial charge is 0.337 e. The van der Waals surface area contributed by atoms with Crippen LogP contribution < -0.4 is 10.6 Å². The van der Waals surface area contributed by atoms with Crippen LogP contribution >= 0.6 is 0 Å². The second-order valence-electron chi connectivity index (χ2n) is 5.06. The Kier molecular flexibility index (Phi) is 4.75. The van der Waals surface area contributed by atoms with E-state index in [1.807, 2.05) is 0 Å². The Morgan fingerprint density at radius 3 is 2.64 bits per heavy atom. The summed E-state index contributed by atoms with van der Waals surface area (Å²) in [4.78, 5) is 27.7. The quantitative estimate of drug-likeness (QED) is 0.693. The van der Waals surface area contributed by atoms with Gasteiger partial charge in [-0.05, 0) is 42.5 Å². The van der Waals surface area contributed by atoms with E-state index in [9.17, 15) is 9.59 Å². The van der Waals surface area contributed by atoms with E-state index >= 15 is 0 Å². The van der Waals surface area contributed by atoms with Gasteiger partial charge in [-0.2, -0.15) is 0 Å². The van der Waals surface area contributed by atoms with E-state index < -0.39 is 5.97 Å². The van der Waals surface area contributed by atoms with Crippen molar-refractivity contribution in [2.45, 2.75) is 0 Å². The van der Waals surface area contributed by atoms with Gasteiger partial charge in [0.15, 0.2) is 5.76 Å². The van der Waals surface area contributed by atoms with Gasteiger partial charge in [-0.1, -0.05) is 6.07 Å². The Balaban J connectivity index is 1.67. The first-order valence-electron chi connectivity index (χ1n) is 7.42. The monoisotopic (exact) mass is 337 g/mol. The summed E-state index contributed by atoms with van der Waals surface area (Å²) in [6.45, 7) is 0. The van der Waals surface area contributed by atoms with Crippen LogP contribution in [0.2, 0.25) is 0 Å². The maximum atomic E-state index is 11.9. The number of anilines is 3. The number of carbonyl (C=O) groups excluding carboxylic acids is 2. The van der Waals surface area contributed by atoms with Gasteiger partial charge in [-0.15, -0.1) is 0 Å². The summed E-state index contributed by atoms with van der Waals surface area (Å²) in [6.07, 6.45) is 2.95. The topological polar surface area (TPSA) is 93.5 Å². The molecule has 0 spiro atoms. The molecule has 25 heavy (non-hydrogen) atoms. The van der Waals surface area contributed by atoms with Gasteiger partial charge in [0.05, 0.1) is 30.8 Å². The van der Waals surface area contributed by atoms with Gasteiger partial charge in [0.1, 0.15) is 5.82 Å². The van der Waals surface area contributed by atoms with E-state index in [0.29, 0.717) is 22.8 Å². The summed E-state index contributed by atoms with van der Waals surface area (Å²) in [6, 6.07) is 13.5. The highest BCUT2D eigenvalue weighted by molar-refractivity contribution is 6.02. The molecule has 0 aliphatic rings. The number of hydrogen-bond acceptors (Lipinski definition) is 6. The highest BCUT2D eigenvalue weighted by Crippen LogP contribution is 2.18. The van der Waals surface area contributed by atoms with Gasteiger partial charge < -0.3 is 19.8 Å². The number of carbonyl (C=O) groups is 2. The van der Waals surface area contributed by atoms with Crippen LogP contribution in [0.4, 0.5) is 17.2 Å². The molecular formula is C18H15N3O4. The number of esters is 1. The summed E-state index contributed by atoms with van der Waals surface area (Å²) in [7, 11) is 1.33. The summed E-state index contributed by atoms with van der Waals surface area (Å²) in [5.74, 6) is 0.0331. The molecule has 0 aliphatic carbocycles. The number of hydrogen-bond donors (Lipinski definition) is 2. The number of rotatable bonds is 5. The lowest BCUT2D eigenvalue weighted by Crippen LogP contribution is -2.11. The average molecular weight is 337 g/mol. The van der Waals surface area contributed by atoms with Crippen LogP contribution in [-0.4, -0.2) is 24.0 Å². The van der Waals surface area contributed by atoms with E-state index in [1.54, 1.807) is 48.5 Å². The number of benzene rings is 1. The fourth-order valence-corrected chi connectivity index (χ4v) is 2.13. The average Bonchev–Trinajstić information content (AvgIpc) is 3.18. The van der Waals surface area contributed by atoms with Crippen LogP contribution in [0.5, 0.6) is 0 Å². The SMILES string of the molecule is COC(=O)c1cccc(Nc2ccc(NC(=O)c3ccco3)cn2)c1. The van der Waals surface area contributed by atoms with Crippen molar-refractivity contribution < 1.29 is 18.7 Å². The van der Waals surface area contributed by atoms with E-state index in [0.717, 1.165) is 0 Å². The lowest BCUT2D eigenvalue weighted by molar-refractivity contribution is 0.0600. The summed E-state index contributed by atoms with van der Waals surface area (Å²) in [5.41, 5.74) is 1.67. The van der Waals surface area contributed by atoms with Crippen molar-refractivity contribution in [1.29, 1.82) is 0 Å². The molecule has 1 aromatic carbocycles. The van der Waals surface area contributed by atoms with Gasteiger partial charge in [-0.3, -0.25) is 4.79 Å². The van der Waals surface area contributed by atoms with Crippen LogP contribution in [-0.2, 0) is 4.74 Å². The number of pyridine rings is 1. The van der Waals surface area contributed by atoms with Crippen LogP contribution in [0.3, 0.4) is 0 Å². The number of aromatic nitrogens is 1. The van der Waals surface area contributed by atoms with E-state index in [1.165, 1.54) is 19.6 Å². The number of nitrogens with zero attached hydrogens (tertiary/aromatic N) is 1. The molecule has 0 aliphatic heterocycles. The molecule has 1 amide bonds. The maximum absolute atomic E-state index is 11.9. The van der Waals surface area contributed by atoms with Gasteiger partial charge in [-0.25, -0.2) is 9.78 Å². The number of amides is 1. The Morgan fingerprint density at radius 2 is 1.96 bits per heavy atom. The fraction of sp³-hybridized carbons (Fsp3) is 0.0556. The molecule has 0 radical (unpaired) electrons. The van der Waals surface area contributed by atoms with Gasteiger partial charge in [0, 0.05) is 5.69 Å². The number of nitrogens with one attached hydrogen (secondary N) is 2. The molecular weight excluding hydrogens is 322 g/mol. The molecule has 0 bridgehead atoms. The molecule has 2 heterocycles. The first kappa shape index (κ1) is 16.3. The highest BCUT2D eigenvalue weighted by Gasteiger charge is 2.09. The summed E-state index contributed by atoms with van der Waals surface area (Å²) in [5, 5.41) is 5.76. The van der Waals surface area contributed by atoms with E-state index in [4.69, 9.17) is 9.15 Å². The maximum Gasteiger partial charge on any atom is 0.337 e. The van der Waals surface area contributed by atoms with Gasteiger partial charge >= 0.3 is 5.97 Å². The van der Waals surface area contributed by atoms with Gasteiger partial charge in [0.2, 0.25) is 0 Å². The van der Waals surface area contributed by atoms with Crippen molar-refractivity contribution in [2.75, 3.05) is 17.7 Å². The van der Waals surface area contributed by atoms with Crippen LogP contribution in [0.1, 0.15) is 20.9 Å². The first-order valence-corrected chi connectivity index (χ1v) is 7.42. The molecule has 0 unspecified atom stereocenters. The van der Waals surface area contributed by atoms with E-state index in [2.05, 4.69) is 15.6 Å². The van der Waals surface area contributed by atoms with Gasteiger partial charge in [0.25, 0.3) is 5.91 Å². The van der Waals surface area contributed by atoms with Crippen molar-refractivity contribution in [2.24, 2.45) is 0 Å². The normalized spacial score (nSPS) is 10.1. The molecule has 7 nitrogen and oxygen atoms in total. The number of methoxy groups -OCH3 is 1. The molecule has 0 saturated heterocycles. The van der Waals surface area contributed by atoms with E-state index in [-0.39, 0.29) is 11.7 Å². The summed E-state index contributed by atoms with van der Waals surface area (Å²) < 4.78 is 9.72. The number of ether oxygens (including phenoxy) is 1. The lowest BCUT2D eigenvalue weighted by Gasteiger charge is -2.08. The molecule has 3 rings (SSSR count). The Bertz CT molecular complexity index is 874. The van der Waals surface area contributed by atoms with Crippen molar-refractivity contribution >= 4 is 29.1 Å². The lowest BCUT2D eigenvalue weighted by atomic mass is 10.2. The predicted molar refractivity (Wildman–Crippen MR) is 92.0 cm³/mol. The summed E-state index contributed by atoms with van der Waals surface area (Å²) >= 11 is 0. The minimum Gasteiger partial charge on any atom is -0.465 e. The molecule has 2 aromatic heterocycles. The molecule has 0 fully saturated rings. The molecule has 0 atom stereocenters. The largest absolute Gasteiger partial charge is 0.465 e. The Morgan fingerprint density at radius 1 is 1.08 bits per heavy atom. The van der Waals surface area contributed by atoms with Crippen LogP contribution in [0, 0.1) is 0 Å². The third-order valence-corrected chi connectivity index (χ3v) is 3.32. The standard InChI is InChI=1S/C18H15N3O4/c1-24-18(23)12-4-2-5-13(10-12)20-16-8-7-14(11-19-16)21-17(22)15-6-3-9-25-15/h2-11H,1H3,(H,19,20)(H,21,22). The Labute approximate surface area is 143 Å². The third-order valence-electron chi connectivity index (χ3n) is 3.32. The second kappa shape index (κ2) is 7.31. The minimum absolute atomic E-state index is 0.224. The molecule has 126 valence electrons. The molecule has 7 heteroatoms. The molecule has 3 aromatic rings. The molecule has 0 saturated carbocycles. The first-order chi connectivity index (χ1) is 12.2. The zero-order valence-electron chi connectivity index (χ0n) is 13.4. The number of furan rings is 1. The van der Waals surface area contributed by atoms with Crippen molar-refractivity contribution in [3.05, 3.63) is 72.3 Å². The molecule has 2 N–H and O–H groups in total. The van der Waals surface area contributed by atoms with Crippen LogP contribution in [0.25, 0.3) is 0 Å². The minimum atomic E-state index is -0.410. The van der Waals surface area contributed by atoms with Crippen molar-refractivity contribution in [3.63, 3.8) is 0 Å². The second-order valence-corrected chi connectivity index (χ2v) is 5.06. The third kappa shape index (κ3) is 4.03.